The van der Waals surface area contributed by atoms with E-state index >= 15 is 0 Å². The van der Waals surface area contributed by atoms with Gasteiger partial charge >= 0.3 is 0 Å². The van der Waals surface area contributed by atoms with Crippen molar-refractivity contribution in [3.8, 4) is 5.75 Å². The Morgan fingerprint density at radius 1 is 1.38 bits per heavy atom. The van der Waals surface area contributed by atoms with Crippen molar-refractivity contribution in [1.82, 2.24) is 10.2 Å². The Balaban J connectivity index is 0.00000220. The van der Waals surface area contributed by atoms with Crippen LogP contribution in [0.1, 0.15) is 20.8 Å². The molecule has 21 heavy (non-hydrogen) atoms. The van der Waals surface area contributed by atoms with Gasteiger partial charge in [0.05, 0.1) is 0 Å². The van der Waals surface area contributed by atoms with Crippen LogP contribution in [0.15, 0.2) is 24.3 Å². The normalized spacial score (nSPS) is 18.9. The first-order chi connectivity index (χ1) is 9.38. The van der Waals surface area contributed by atoms with Gasteiger partial charge in [-0.1, -0.05) is 11.6 Å². The molecule has 2 rings (SSSR count). The number of ether oxygens (including phenoxy) is 1. The van der Waals surface area contributed by atoms with Gasteiger partial charge in [-0.25, -0.2) is 0 Å². The van der Waals surface area contributed by atoms with Crippen molar-refractivity contribution in [2.75, 3.05) is 19.6 Å². The van der Waals surface area contributed by atoms with E-state index < -0.39 is 5.60 Å². The van der Waals surface area contributed by atoms with Gasteiger partial charge in [0, 0.05) is 30.7 Å². The highest BCUT2D eigenvalue weighted by molar-refractivity contribution is 6.30. The fourth-order valence-electron chi connectivity index (χ4n) is 2.34. The average Bonchev–Trinajstić information content (AvgIpc) is 2.40. The molecule has 1 aliphatic heterocycles. The second kappa shape index (κ2) is 7.34. The number of rotatable bonds is 3. The van der Waals surface area contributed by atoms with Gasteiger partial charge in [-0.05, 0) is 45.0 Å². The fourth-order valence-corrected chi connectivity index (χ4v) is 2.46. The monoisotopic (exact) mass is 332 g/mol. The maximum absolute atomic E-state index is 12.6. The molecule has 1 heterocycles. The van der Waals surface area contributed by atoms with Crippen LogP contribution in [0.5, 0.6) is 5.75 Å². The number of benzene rings is 1. The number of nitrogens with zero attached hydrogens (tertiary/aromatic N) is 1. The van der Waals surface area contributed by atoms with E-state index in [0.29, 0.717) is 23.4 Å². The van der Waals surface area contributed by atoms with E-state index in [1.165, 1.54) is 0 Å². The molecule has 0 aromatic heterocycles. The Morgan fingerprint density at radius 2 is 2.00 bits per heavy atom. The zero-order chi connectivity index (χ0) is 14.8. The molecule has 1 fully saturated rings. The summed E-state index contributed by atoms with van der Waals surface area (Å²) in [4.78, 5) is 14.4. The van der Waals surface area contributed by atoms with Gasteiger partial charge in [-0.3, -0.25) is 4.79 Å². The van der Waals surface area contributed by atoms with Crippen molar-refractivity contribution in [2.24, 2.45) is 0 Å². The van der Waals surface area contributed by atoms with Crippen molar-refractivity contribution < 1.29 is 9.53 Å². The lowest BCUT2D eigenvalue weighted by atomic mass is 10.1. The summed E-state index contributed by atoms with van der Waals surface area (Å²) >= 11 is 5.85. The quantitative estimate of drug-likeness (QED) is 0.925. The summed E-state index contributed by atoms with van der Waals surface area (Å²) in [6, 6.07) is 7.38. The number of hydrogen-bond acceptors (Lipinski definition) is 3. The molecular weight excluding hydrogens is 311 g/mol. The second-order valence-electron chi connectivity index (χ2n) is 5.67. The van der Waals surface area contributed by atoms with Crippen LogP contribution >= 0.6 is 24.0 Å². The van der Waals surface area contributed by atoms with E-state index in [2.05, 4.69) is 12.2 Å². The Kier molecular flexibility index (Phi) is 6.32. The first kappa shape index (κ1) is 18.1. The Morgan fingerprint density at radius 3 is 2.57 bits per heavy atom. The van der Waals surface area contributed by atoms with Gasteiger partial charge in [-0.2, -0.15) is 0 Å². The molecular formula is C15H22Cl2N2O2. The first-order valence-electron chi connectivity index (χ1n) is 6.86. The van der Waals surface area contributed by atoms with Gasteiger partial charge < -0.3 is 15.0 Å². The maximum atomic E-state index is 12.6. The molecule has 0 unspecified atom stereocenters. The molecule has 4 nitrogen and oxygen atoms in total. The summed E-state index contributed by atoms with van der Waals surface area (Å²) in [5, 5.41) is 3.98. The lowest BCUT2D eigenvalue weighted by molar-refractivity contribution is -0.146. The highest BCUT2D eigenvalue weighted by Gasteiger charge is 2.35. The van der Waals surface area contributed by atoms with E-state index in [9.17, 15) is 4.79 Å². The van der Waals surface area contributed by atoms with Crippen LogP contribution in [0.4, 0.5) is 0 Å². The minimum atomic E-state index is -0.884. The van der Waals surface area contributed by atoms with E-state index in [-0.39, 0.29) is 18.3 Å². The lowest BCUT2D eigenvalue weighted by Crippen LogP contribution is -2.57. The maximum Gasteiger partial charge on any atom is 0.266 e. The zero-order valence-electron chi connectivity index (χ0n) is 12.6. The van der Waals surface area contributed by atoms with Crippen molar-refractivity contribution in [2.45, 2.75) is 32.4 Å². The summed E-state index contributed by atoms with van der Waals surface area (Å²) < 4.78 is 5.84. The van der Waals surface area contributed by atoms with Crippen molar-refractivity contribution in [3.05, 3.63) is 29.3 Å². The van der Waals surface area contributed by atoms with Gasteiger partial charge in [0.25, 0.3) is 5.91 Å². The molecule has 1 amide bonds. The zero-order valence-corrected chi connectivity index (χ0v) is 14.1. The predicted molar refractivity (Wildman–Crippen MR) is 87.5 cm³/mol. The van der Waals surface area contributed by atoms with Crippen LogP contribution in [0.25, 0.3) is 0 Å². The van der Waals surface area contributed by atoms with Crippen LogP contribution < -0.4 is 10.1 Å². The second-order valence-corrected chi connectivity index (χ2v) is 6.11. The molecule has 1 atom stereocenters. The van der Waals surface area contributed by atoms with E-state index in [4.69, 9.17) is 16.3 Å². The predicted octanol–water partition coefficient (Wildman–Crippen LogP) is 2.74. The number of halogens is 2. The van der Waals surface area contributed by atoms with Crippen LogP contribution in [0.2, 0.25) is 5.02 Å². The number of amides is 1. The molecule has 1 aromatic rings. The highest BCUT2D eigenvalue weighted by Crippen LogP contribution is 2.22. The van der Waals surface area contributed by atoms with Crippen LogP contribution in [0.3, 0.4) is 0 Å². The standard InChI is InChI=1S/C15H21ClN2O2.ClH/c1-11-10-18(9-8-17-11)14(19)15(2,3)20-13-6-4-12(16)5-7-13;/h4-7,11,17H,8-10H2,1-3H3;1H/t11-;/m1./s1. The first-order valence-corrected chi connectivity index (χ1v) is 7.23. The third-order valence-corrected chi connectivity index (χ3v) is 3.61. The highest BCUT2D eigenvalue weighted by atomic mass is 35.5. The topological polar surface area (TPSA) is 41.6 Å². The van der Waals surface area contributed by atoms with Crippen LogP contribution in [0, 0.1) is 0 Å². The number of nitrogens with one attached hydrogen (secondary N) is 1. The molecule has 118 valence electrons. The number of hydrogen-bond donors (Lipinski definition) is 1. The Labute approximate surface area is 137 Å². The van der Waals surface area contributed by atoms with E-state index in [1.807, 2.05) is 4.90 Å². The molecule has 1 aromatic carbocycles. The average molecular weight is 333 g/mol. The minimum absolute atomic E-state index is 0. The molecule has 0 saturated carbocycles. The summed E-state index contributed by atoms with van der Waals surface area (Å²) in [6.07, 6.45) is 0. The third-order valence-electron chi connectivity index (χ3n) is 3.36. The van der Waals surface area contributed by atoms with Gasteiger partial charge in [0.15, 0.2) is 5.60 Å². The fraction of sp³-hybridized carbons (Fsp3) is 0.533. The Bertz CT molecular complexity index is 477. The Hall–Kier alpha value is -0.970. The molecule has 0 aliphatic carbocycles. The number of carbonyl (C=O) groups excluding carboxylic acids is 1. The lowest BCUT2D eigenvalue weighted by Gasteiger charge is -2.37. The molecule has 0 bridgehead atoms. The number of piperazine rings is 1. The molecule has 0 spiro atoms. The van der Waals surface area contributed by atoms with Gasteiger partial charge in [-0.15, -0.1) is 12.4 Å². The SMILES string of the molecule is C[C@@H]1CN(C(=O)C(C)(C)Oc2ccc(Cl)cc2)CCN1.Cl. The molecule has 0 radical (unpaired) electrons. The van der Waals surface area contributed by atoms with Crippen molar-refractivity contribution in [1.29, 1.82) is 0 Å². The largest absolute Gasteiger partial charge is 0.478 e. The van der Waals surface area contributed by atoms with Gasteiger partial charge in [0.1, 0.15) is 5.75 Å². The summed E-state index contributed by atoms with van der Waals surface area (Å²) in [5.74, 6) is 0.664. The van der Waals surface area contributed by atoms with Crippen molar-refractivity contribution in [3.63, 3.8) is 0 Å². The minimum Gasteiger partial charge on any atom is -0.478 e. The van der Waals surface area contributed by atoms with Crippen LogP contribution in [-0.4, -0.2) is 42.1 Å². The van der Waals surface area contributed by atoms with Crippen LogP contribution in [-0.2, 0) is 4.79 Å². The molecule has 1 saturated heterocycles. The van der Waals surface area contributed by atoms with E-state index in [0.717, 1.165) is 13.1 Å². The van der Waals surface area contributed by atoms with Crippen molar-refractivity contribution >= 4 is 29.9 Å². The van der Waals surface area contributed by atoms with E-state index in [1.54, 1.807) is 38.1 Å². The van der Waals surface area contributed by atoms with Gasteiger partial charge in [0.2, 0.25) is 0 Å². The number of carbonyl (C=O) groups is 1. The smallest absolute Gasteiger partial charge is 0.266 e. The third kappa shape index (κ3) is 4.77. The molecule has 6 heteroatoms. The molecule has 1 N–H and O–H groups in total. The summed E-state index contributed by atoms with van der Waals surface area (Å²) in [7, 11) is 0. The summed E-state index contributed by atoms with van der Waals surface area (Å²) in [5.41, 5.74) is -0.884. The molecule has 1 aliphatic rings. The summed E-state index contributed by atoms with van der Waals surface area (Å²) in [6.45, 7) is 7.94.